The molecular weight excluding hydrogens is 481 g/mol. The molecule has 0 bridgehead atoms. The summed E-state index contributed by atoms with van der Waals surface area (Å²) in [4.78, 5) is 22.1. The molecule has 0 saturated heterocycles. The van der Waals surface area contributed by atoms with Crippen molar-refractivity contribution in [2.75, 3.05) is 12.4 Å². The molecule has 2 aromatic heterocycles. The maximum atomic E-state index is 11.2. The quantitative estimate of drug-likeness (QED) is 0.406. The fourth-order valence-electron chi connectivity index (χ4n) is 4.54. The van der Waals surface area contributed by atoms with E-state index < -0.39 is 5.97 Å². The Kier molecular flexibility index (Phi) is 8.00. The molecule has 34 heavy (non-hydrogen) atoms. The van der Waals surface area contributed by atoms with E-state index >= 15 is 0 Å². The monoisotopic (exact) mass is 503 g/mol. The summed E-state index contributed by atoms with van der Waals surface area (Å²) in [5, 5.41) is 17.5. The average Bonchev–Trinajstić information content (AvgIpc) is 3.21. The van der Waals surface area contributed by atoms with Crippen LogP contribution in [0.3, 0.4) is 0 Å². The Morgan fingerprint density at radius 3 is 2.65 bits per heavy atom. The topological polar surface area (TPSA) is 87.2 Å². The van der Waals surface area contributed by atoms with Gasteiger partial charge in [0.1, 0.15) is 22.2 Å². The van der Waals surface area contributed by atoms with Gasteiger partial charge < -0.3 is 20.0 Å². The molecule has 0 radical (unpaired) electrons. The van der Waals surface area contributed by atoms with Gasteiger partial charge in [-0.25, -0.2) is 9.97 Å². The number of carboxylic acids is 1. The van der Waals surface area contributed by atoms with Crippen LogP contribution in [0.4, 0.5) is 5.82 Å². The Morgan fingerprint density at radius 1 is 1.18 bits per heavy atom. The molecule has 0 unspecified atom stereocenters. The van der Waals surface area contributed by atoms with Gasteiger partial charge in [0.25, 0.3) is 0 Å². The molecule has 0 aliphatic heterocycles. The van der Waals surface area contributed by atoms with Gasteiger partial charge in [0, 0.05) is 28.5 Å². The van der Waals surface area contributed by atoms with E-state index in [4.69, 9.17) is 26.3 Å². The van der Waals surface area contributed by atoms with Crippen LogP contribution in [0.2, 0.25) is 5.02 Å². The minimum absolute atomic E-state index is 0. The van der Waals surface area contributed by atoms with E-state index in [-0.39, 0.29) is 41.4 Å². The standard InChI is InChI=1S/C25H24ClN3O3S.Na/c1-32-19-11-6-14(12-18(19)26)13-27-23-21-17-4-2-3-5-20(17)33-24(21)29-22(28-23)15-7-9-16(10-8-15)25(30)31;/h2-6,11-12,15-16H,7-10,13H2,1H3,(H,30,31)(H,27,28,29);/q;+1/p-1/t15-,16-;. The second kappa shape index (κ2) is 10.8. The maximum absolute atomic E-state index is 11.2. The number of hydrogen-bond donors (Lipinski definition) is 1. The van der Waals surface area contributed by atoms with E-state index in [1.807, 2.05) is 30.3 Å². The third-order valence-corrected chi connectivity index (χ3v) is 7.72. The number of benzene rings is 2. The van der Waals surface area contributed by atoms with Gasteiger partial charge in [-0.1, -0.05) is 35.9 Å². The van der Waals surface area contributed by atoms with E-state index in [1.165, 1.54) is 0 Å². The normalized spacial score (nSPS) is 17.9. The van der Waals surface area contributed by atoms with Crippen molar-refractivity contribution in [1.29, 1.82) is 0 Å². The Labute approximate surface area is 229 Å². The zero-order chi connectivity index (χ0) is 22.9. The van der Waals surface area contributed by atoms with E-state index in [0.29, 0.717) is 30.2 Å². The minimum Gasteiger partial charge on any atom is -0.550 e. The predicted octanol–water partition coefficient (Wildman–Crippen LogP) is 2.15. The van der Waals surface area contributed by atoms with Gasteiger partial charge in [-0.05, 0) is 55.4 Å². The third kappa shape index (κ3) is 5.04. The Morgan fingerprint density at radius 2 is 1.94 bits per heavy atom. The Balaban J connectivity index is 0.00000274. The molecule has 9 heteroatoms. The first-order valence-electron chi connectivity index (χ1n) is 11.0. The number of aromatic nitrogens is 2. The van der Waals surface area contributed by atoms with Gasteiger partial charge in [0.05, 0.1) is 17.5 Å². The van der Waals surface area contributed by atoms with Gasteiger partial charge >= 0.3 is 29.6 Å². The molecule has 170 valence electrons. The van der Waals surface area contributed by atoms with Crippen LogP contribution in [0.5, 0.6) is 5.75 Å². The first kappa shape index (κ1) is 25.2. The van der Waals surface area contributed by atoms with Gasteiger partial charge in [0.15, 0.2) is 0 Å². The van der Waals surface area contributed by atoms with Crippen LogP contribution in [-0.4, -0.2) is 23.0 Å². The number of hydrogen-bond acceptors (Lipinski definition) is 7. The molecule has 1 fully saturated rings. The number of methoxy groups -OCH3 is 1. The summed E-state index contributed by atoms with van der Waals surface area (Å²) < 4.78 is 6.41. The molecule has 1 N–H and O–H groups in total. The molecule has 2 heterocycles. The van der Waals surface area contributed by atoms with Crippen molar-refractivity contribution in [3.63, 3.8) is 0 Å². The summed E-state index contributed by atoms with van der Waals surface area (Å²) in [6, 6.07) is 14.0. The van der Waals surface area contributed by atoms with E-state index in [9.17, 15) is 9.90 Å². The van der Waals surface area contributed by atoms with Crippen molar-refractivity contribution < 1.29 is 44.2 Å². The van der Waals surface area contributed by atoms with Gasteiger partial charge in [-0.3, -0.25) is 0 Å². The fourth-order valence-corrected chi connectivity index (χ4v) is 5.91. The largest absolute Gasteiger partial charge is 1.00 e. The molecule has 0 amide bonds. The van der Waals surface area contributed by atoms with Crippen LogP contribution in [-0.2, 0) is 11.3 Å². The molecule has 0 atom stereocenters. The number of carbonyl (C=O) groups excluding carboxylic acids is 1. The first-order valence-corrected chi connectivity index (χ1v) is 12.2. The van der Waals surface area contributed by atoms with Crippen LogP contribution in [0.1, 0.15) is 43.0 Å². The molecule has 1 aliphatic carbocycles. The number of nitrogens with one attached hydrogen (secondary N) is 1. The third-order valence-electron chi connectivity index (χ3n) is 6.36. The summed E-state index contributed by atoms with van der Waals surface area (Å²) in [7, 11) is 1.60. The molecule has 0 spiro atoms. The summed E-state index contributed by atoms with van der Waals surface area (Å²) in [5.74, 6) is 1.04. The Bertz CT molecular complexity index is 1340. The van der Waals surface area contributed by atoms with Gasteiger partial charge in [-0.15, -0.1) is 11.3 Å². The number of anilines is 1. The number of aliphatic carboxylic acids is 1. The molecule has 6 nitrogen and oxygen atoms in total. The average molecular weight is 504 g/mol. The molecular formula is C25H23ClN3NaO3S. The second-order valence-electron chi connectivity index (χ2n) is 8.40. The van der Waals surface area contributed by atoms with Crippen LogP contribution in [0, 0.1) is 5.92 Å². The zero-order valence-corrected chi connectivity index (χ0v) is 22.7. The van der Waals surface area contributed by atoms with Crippen LogP contribution >= 0.6 is 22.9 Å². The number of nitrogens with zero attached hydrogens (tertiary/aromatic N) is 2. The van der Waals surface area contributed by atoms with Crippen molar-refractivity contribution in [2.45, 2.75) is 38.1 Å². The number of carboxylic acid groups (broad SMARTS) is 1. The number of ether oxygens (including phenoxy) is 1. The van der Waals surface area contributed by atoms with Crippen LogP contribution < -0.4 is 44.7 Å². The SMILES string of the molecule is COc1ccc(CNc2nc([C@H]3CC[C@H](C(=O)[O-])CC3)nc3sc4ccccc4c23)cc1Cl.[Na+]. The summed E-state index contributed by atoms with van der Waals surface area (Å²) in [6.45, 7) is 0.552. The summed E-state index contributed by atoms with van der Waals surface area (Å²) >= 11 is 7.96. The summed E-state index contributed by atoms with van der Waals surface area (Å²) in [5.41, 5.74) is 1.02. The molecule has 4 aromatic rings. The van der Waals surface area contributed by atoms with E-state index in [0.717, 1.165) is 50.4 Å². The molecule has 1 aliphatic rings. The molecule has 2 aromatic carbocycles. The number of carbonyl (C=O) groups is 1. The van der Waals surface area contributed by atoms with Gasteiger partial charge in [0.2, 0.25) is 0 Å². The number of fused-ring (bicyclic) bond motifs is 3. The summed E-state index contributed by atoms with van der Waals surface area (Å²) in [6.07, 6.45) is 2.72. The fraction of sp³-hybridized carbons (Fsp3) is 0.320. The smallest absolute Gasteiger partial charge is 0.550 e. The minimum atomic E-state index is -0.949. The van der Waals surface area contributed by atoms with Crippen molar-refractivity contribution in [3.8, 4) is 5.75 Å². The van der Waals surface area contributed by atoms with E-state index in [2.05, 4.69) is 17.4 Å². The second-order valence-corrected chi connectivity index (χ2v) is 9.84. The van der Waals surface area contributed by atoms with Crippen LogP contribution in [0.15, 0.2) is 42.5 Å². The van der Waals surface area contributed by atoms with Crippen molar-refractivity contribution in [2.24, 2.45) is 5.92 Å². The van der Waals surface area contributed by atoms with Crippen molar-refractivity contribution in [3.05, 3.63) is 58.9 Å². The number of halogens is 1. The van der Waals surface area contributed by atoms with E-state index in [1.54, 1.807) is 18.4 Å². The molecule has 1 saturated carbocycles. The van der Waals surface area contributed by atoms with Crippen molar-refractivity contribution in [1.82, 2.24) is 9.97 Å². The number of thiophene rings is 1. The molecule has 5 rings (SSSR count). The Hall–Kier alpha value is -1.90. The zero-order valence-electron chi connectivity index (χ0n) is 19.1. The maximum Gasteiger partial charge on any atom is 1.00 e. The van der Waals surface area contributed by atoms with Crippen LogP contribution in [0.25, 0.3) is 20.3 Å². The van der Waals surface area contributed by atoms with Gasteiger partial charge in [-0.2, -0.15) is 0 Å². The first-order chi connectivity index (χ1) is 16.0. The van der Waals surface area contributed by atoms with Crippen molar-refractivity contribution >= 4 is 55.0 Å². The predicted molar refractivity (Wildman–Crippen MR) is 130 cm³/mol. The number of rotatable bonds is 6.